The molecule has 2 N–H and O–H groups in total. The number of aliphatic imine (C=N–C) groups is 1. The molecule has 3 rings (SSSR count). The summed E-state index contributed by atoms with van der Waals surface area (Å²) in [6.07, 6.45) is 1.95. The van der Waals surface area contributed by atoms with Crippen LogP contribution in [0, 0.1) is 17.5 Å². The number of nitrogens with one attached hydrogen (secondary N) is 2. The minimum atomic E-state index is -1.63. The Bertz CT molecular complexity index is 756. The molecule has 1 aromatic carbocycles. The van der Waals surface area contributed by atoms with Crippen molar-refractivity contribution in [3.05, 3.63) is 29.6 Å². The highest BCUT2D eigenvalue weighted by Crippen LogP contribution is 2.21. The lowest BCUT2D eigenvalue weighted by Gasteiger charge is -2.37. The van der Waals surface area contributed by atoms with Gasteiger partial charge in [0.1, 0.15) is 12.6 Å². The number of anilines is 1. The summed E-state index contributed by atoms with van der Waals surface area (Å²) in [7, 11) is 0. The highest BCUT2D eigenvalue weighted by Gasteiger charge is 2.32. The number of benzene rings is 1. The Labute approximate surface area is 167 Å². The minimum absolute atomic E-state index is 0.0559. The van der Waals surface area contributed by atoms with E-state index < -0.39 is 29.0 Å². The third-order valence-electron chi connectivity index (χ3n) is 4.79. The Balaban J connectivity index is 1.62. The second kappa shape index (κ2) is 9.93. The highest BCUT2D eigenvalue weighted by atomic mass is 19.2. The lowest BCUT2D eigenvalue weighted by atomic mass is 10.1. The third kappa shape index (κ3) is 5.39. The van der Waals surface area contributed by atoms with Crippen molar-refractivity contribution in [2.45, 2.75) is 32.0 Å². The van der Waals surface area contributed by atoms with E-state index in [4.69, 9.17) is 9.47 Å². The molecular weight excluding hydrogens is 389 g/mol. The van der Waals surface area contributed by atoms with Gasteiger partial charge in [0.2, 0.25) is 5.91 Å². The first kappa shape index (κ1) is 21.4. The zero-order chi connectivity index (χ0) is 20.8. The average Bonchev–Trinajstić information content (AvgIpc) is 3.26. The molecule has 0 spiro atoms. The molecule has 2 aliphatic heterocycles. The molecule has 2 unspecified atom stereocenters. The van der Waals surface area contributed by atoms with Crippen LogP contribution in [0.2, 0.25) is 0 Å². The number of guanidine groups is 1. The monoisotopic (exact) mass is 414 g/mol. The van der Waals surface area contributed by atoms with Crippen molar-refractivity contribution >= 4 is 17.6 Å². The number of hydrogen-bond donors (Lipinski definition) is 2. The Morgan fingerprint density at radius 3 is 2.72 bits per heavy atom. The van der Waals surface area contributed by atoms with Crippen LogP contribution in [0.25, 0.3) is 0 Å². The van der Waals surface area contributed by atoms with Gasteiger partial charge in [-0.3, -0.25) is 4.79 Å². The van der Waals surface area contributed by atoms with E-state index in [2.05, 4.69) is 15.6 Å². The summed E-state index contributed by atoms with van der Waals surface area (Å²) in [5.74, 6) is -4.51. The van der Waals surface area contributed by atoms with Crippen LogP contribution in [0.15, 0.2) is 17.1 Å². The van der Waals surface area contributed by atoms with Gasteiger partial charge >= 0.3 is 0 Å². The summed E-state index contributed by atoms with van der Waals surface area (Å²) in [5, 5.41) is 5.34. The van der Waals surface area contributed by atoms with Gasteiger partial charge in [0.05, 0.1) is 18.4 Å². The van der Waals surface area contributed by atoms with Crippen molar-refractivity contribution < 1.29 is 27.4 Å². The number of amides is 1. The number of carbonyl (C=O) groups is 1. The zero-order valence-corrected chi connectivity index (χ0v) is 16.2. The molecule has 7 nitrogen and oxygen atoms in total. The molecule has 2 heterocycles. The molecule has 2 saturated heterocycles. The predicted octanol–water partition coefficient (Wildman–Crippen LogP) is 1.89. The van der Waals surface area contributed by atoms with E-state index >= 15 is 0 Å². The Kier molecular flexibility index (Phi) is 7.32. The molecule has 1 amide bonds. The zero-order valence-electron chi connectivity index (χ0n) is 16.2. The maximum atomic E-state index is 13.7. The van der Waals surface area contributed by atoms with Gasteiger partial charge in [0, 0.05) is 26.2 Å². The van der Waals surface area contributed by atoms with E-state index in [9.17, 15) is 18.0 Å². The molecule has 10 heteroatoms. The summed E-state index contributed by atoms with van der Waals surface area (Å²) < 4.78 is 51.5. The van der Waals surface area contributed by atoms with Crippen LogP contribution in [0.1, 0.15) is 19.8 Å². The summed E-state index contributed by atoms with van der Waals surface area (Å²) >= 11 is 0. The number of ether oxygens (including phenoxy) is 2. The van der Waals surface area contributed by atoms with E-state index in [1.165, 1.54) is 0 Å². The normalized spacial score (nSPS) is 22.6. The summed E-state index contributed by atoms with van der Waals surface area (Å²) in [6, 6.07) is 1.72. The van der Waals surface area contributed by atoms with Crippen LogP contribution in [0.3, 0.4) is 0 Å². The van der Waals surface area contributed by atoms with Crippen molar-refractivity contribution in [2.24, 2.45) is 4.99 Å². The molecule has 0 saturated carbocycles. The lowest BCUT2D eigenvalue weighted by molar-refractivity contribution is -0.114. The molecule has 2 atom stereocenters. The van der Waals surface area contributed by atoms with Crippen LogP contribution in [-0.4, -0.2) is 68.4 Å². The third-order valence-corrected chi connectivity index (χ3v) is 4.79. The molecule has 0 radical (unpaired) electrons. The van der Waals surface area contributed by atoms with Crippen LogP contribution in [0.4, 0.5) is 18.9 Å². The fourth-order valence-electron chi connectivity index (χ4n) is 3.37. The fourth-order valence-corrected chi connectivity index (χ4v) is 3.37. The summed E-state index contributed by atoms with van der Waals surface area (Å²) in [4.78, 5) is 18.4. The SMILES string of the molecule is CCNC(=NCC(=O)Nc1ccc(F)c(F)c1F)N1CCOC(C2CCCO2)C1. The number of carbonyl (C=O) groups excluding carboxylic acids is 1. The van der Waals surface area contributed by atoms with Gasteiger partial charge in [0.15, 0.2) is 23.4 Å². The molecule has 2 aliphatic rings. The second-order valence-corrected chi connectivity index (χ2v) is 6.85. The molecule has 29 heavy (non-hydrogen) atoms. The fraction of sp³-hybridized carbons (Fsp3) is 0.579. The number of nitrogens with zero attached hydrogens (tertiary/aromatic N) is 2. The van der Waals surface area contributed by atoms with E-state index in [1.54, 1.807) is 0 Å². The van der Waals surface area contributed by atoms with Crippen LogP contribution >= 0.6 is 0 Å². The van der Waals surface area contributed by atoms with Crippen molar-refractivity contribution in [1.29, 1.82) is 0 Å². The Morgan fingerprint density at radius 2 is 2.00 bits per heavy atom. The van der Waals surface area contributed by atoms with Crippen LogP contribution < -0.4 is 10.6 Å². The van der Waals surface area contributed by atoms with Gasteiger partial charge in [-0.15, -0.1) is 0 Å². The topological polar surface area (TPSA) is 75.2 Å². The number of rotatable bonds is 5. The maximum Gasteiger partial charge on any atom is 0.246 e. The van der Waals surface area contributed by atoms with Crippen LogP contribution in [-0.2, 0) is 14.3 Å². The predicted molar refractivity (Wildman–Crippen MR) is 101 cm³/mol. The van der Waals surface area contributed by atoms with E-state index in [0.29, 0.717) is 32.2 Å². The van der Waals surface area contributed by atoms with Gasteiger partial charge in [-0.05, 0) is 31.9 Å². The average molecular weight is 414 g/mol. The van der Waals surface area contributed by atoms with Crippen molar-refractivity contribution in [3.8, 4) is 0 Å². The molecule has 0 aromatic heterocycles. The smallest absolute Gasteiger partial charge is 0.246 e. The first-order valence-corrected chi connectivity index (χ1v) is 9.69. The quantitative estimate of drug-likeness (QED) is 0.437. The largest absolute Gasteiger partial charge is 0.375 e. The summed E-state index contributed by atoms with van der Waals surface area (Å²) in [5.41, 5.74) is -0.432. The van der Waals surface area contributed by atoms with Gasteiger partial charge in [-0.2, -0.15) is 0 Å². The molecule has 2 fully saturated rings. The molecule has 160 valence electrons. The minimum Gasteiger partial charge on any atom is -0.375 e. The van der Waals surface area contributed by atoms with Gasteiger partial charge in [-0.1, -0.05) is 0 Å². The van der Waals surface area contributed by atoms with Gasteiger partial charge < -0.3 is 25.0 Å². The Hall–Kier alpha value is -2.33. The van der Waals surface area contributed by atoms with Crippen molar-refractivity contribution in [3.63, 3.8) is 0 Å². The maximum absolute atomic E-state index is 13.7. The molecule has 0 bridgehead atoms. The van der Waals surface area contributed by atoms with E-state index in [0.717, 1.165) is 31.6 Å². The number of halogens is 3. The van der Waals surface area contributed by atoms with Gasteiger partial charge in [-0.25, -0.2) is 18.2 Å². The first-order valence-electron chi connectivity index (χ1n) is 9.69. The number of hydrogen-bond acceptors (Lipinski definition) is 4. The molecule has 0 aliphatic carbocycles. The standard InChI is InChI=1S/C19H25F3N4O3/c1-2-23-19(26-7-9-29-15(11-26)14-4-3-8-28-14)24-10-16(27)25-13-6-5-12(20)17(21)18(13)22/h5-6,14-15H,2-4,7-11H2,1H3,(H,23,24)(H,25,27). The first-order chi connectivity index (χ1) is 14.0. The van der Waals surface area contributed by atoms with Crippen LogP contribution in [0.5, 0.6) is 0 Å². The molecular formula is C19H25F3N4O3. The van der Waals surface area contributed by atoms with Crippen molar-refractivity contribution in [1.82, 2.24) is 10.2 Å². The van der Waals surface area contributed by atoms with E-state index in [-0.39, 0.29) is 18.8 Å². The highest BCUT2D eigenvalue weighted by molar-refractivity contribution is 5.94. The summed E-state index contributed by atoms with van der Waals surface area (Å²) in [6.45, 7) is 4.64. The number of morpholine rings is 1. The van der Waals surface area contributed by atoms with Crippen molar-refractivity contribution in [2.75, 3.05) is 44.7 Å². The molecule has 1 aromatic rings. The van der Waals surface area contributed by atoms with Gasteiger partial charge in [0.25, 0.3) is 0 Å². The van der Waals surface area contributed by atoms with E-state index in [1.807, 2.05) is 11.8 Å². The lowest BCUT2D eigenvalue weighted by Crippen LogP contribution is -2.53. The second-order valence-electron chi connectivity index (χ2n) is 6.85. The Morgan fingerprint density at radius 1 is 1.21 bits per heavy atom.